The molecule has 2 atom stereocenters. The third-order valence-corrected chi connectivity index (χ3v) is 5.50. The van der Waals surface area contributed by atoms with Crippen LogP contribution in [0.25, 0.3) is 0 Å². The maximum Gasteiger partial charge on any atom is 0.416 e. The van der Waals surface area contributed by atoms with Crippen molar-refractivity contribution in [2.45, 2.75) is 30.9 Å². The quantitative estimate of drug-likeness (QED) is 0.616. The van der Waals surface area contributed by atoms with Crippen molar-refractivity contribution in [1.29, 1.82) is 0 Å². The van der Waals surface area contributed by atoms with Crippen LogP contribution in [-0.2, 0) is 16.4 Å². The summed E-state index contributed by atoms with van der Waals surface area (Å²) in [7, 11) is 0. The summed E-state index contributed by atoms with van der Waals surface area (Å²) < 4.78 is 38.7. The van der Waals surface area contributed by atoms with Crippen molar-refractivity contribution in [3.05, 3.63) is 52.4 Å². The number of carboxylic acids is 1. The zero-order chi connectivity index (χ0) is 18.0. The summed E-state index contributed by atoms with van der Waals surface area (Å²) >= 11 is 0. The predicted octanol–water partition coefficient (Wildman–Crippen LogP) is 2.67. The summed E-state index contributed by atoms with van der Waals surface area (Å²) in [6.45, 7) is 0. The van der Waals surface area contributed by atoms with Crippen molar-refractivity contribution in [1.82, 2.24) is 10.9 Å². The molecule has 2 unspecified atom stereocenters. The second kappa shape index (κ2) is 4.93. The number of benzene rings is 1. The van der Waals surface area contributed by atoms with Crippen LogP contribution in [0.15, 0.2) is 41.2 Å². The lowest BCUT2D eigenvalue weighted by Gasteiger charge is -2.35. The highest BCUT2D eigenvalue weighted by atomic mass is 19.4. The van der Waals surface area contributed by atoms with Gasteiger partial charge in [0.1, 0.15) is 0 Å². The summed E-state index contributed by atoms with van der Waals surface area (Å²) in [4.78, 5) is 11.5. The van der Waals surface area contributed by atoms with Gasteiger partial charge >= 0.3 is 12.1 Å². The van der Waals surface area contributed by atoms with Gasteiger partial charge in [-0.05, 0) is 48.4 Å². The van der Waals surface area contributed by atoms with Crippen molar-refractivity contribution in [2.75, 3.05) is 5.73 Å². The lowest BCUT2D eigenvalue weighted by Crippen LogP contribution is -2.41. The average molecular weight is 351 g/mol. The Bertz CT molecular complexity index is 844. The highest BCUT2D eigenvalue weighted by Gasteiger charge is 2.55. The summed E-state index contributed by atoms with van der Waals surface area (Å²) in [5, 5.41) is 9.43. The Balaban J connectivity index is 1.84. The fourth-order valence-corrected chi connectivity index (χ4v) is 4.51. The van der Waals surface area contributed by atoms with Crippen LogP contribution in [0, 0.1) is 5.92 Å². The molecule has 1 aliphatic heterocycles. The molecule has 1 saturated carbocycles. The lowest BCUT2D eigenvalue weighted by atomic mass is 9.75. The maximum atomic E-state index is 12.9. The van der Waals surface area contributed by atoms with E-state index in [1.54, 1.807) is 0 Å². The minimum atomic E-state index is -4.45. The Labute approximate surface area is 141 Å². The van der Waals surface area contributed by atoms with Crippen molar-refractivity contribution in [2.24, 2.45) is 5.92 Å². The molecule has 25 heavy (non-hydrogen) atoms. The van der Waals surface area contributed by atoms with E-state index in [0.29, 0.717) is 18.4 Å². The number of hydrazine groups is 1. The van der Waals surface area contributed by atoms with E-state index in [1.165, 1.54) is 12.3 Å². The van der Waals surface area contributed by atoms with E-state index in [2.05, 4.69) is 10.9 Å². The van der Waals surface area contributed by atoms with E-state index in [4.69, 9.17) is 5.73 Å². The van der Waals surface area contributed by atoms with Gasteiger partial charge in [0, 0.05) is 23.0 Å². The number of alkyl halides is 3. The Morgan fingerprint density at radius 1 is 1.36 bits per heavy atom. The normalized spacial score (nSPS) is 27.5. The van der Waals surface area contributed by atoms with E-state index < -0.39 is 23.1 Å². The summed E-state index contributed by atoms with van der Waals surface area (Å²) in [5.74, 6) is -0.960. The number of nitrogens with two attached hydrogens (primary N) is 1. The number of hydrogen-bond acceptors (Lipinski definition) is 4. The Morgan fingerprint density at radius 3 is 2.76 bits per heavy atom. The maximum absolute atomic E-state index is 12.9. The van der Waals surface area contributed by atoms with Gasteiger partial charge in [-0.25, -0.2) is 4.79 Å². The molecule has 8 heteroatoms. The minimum Gasteiger partial charge on any atom is -0.478 e. The topological polar surface area (TPSA) is 87.4 Å². The Morgan fingerprint density at radius 2 is 2.12 bits per heavy atom. The smallest absolute Gasteiger partial charge is 0.416 e. The number of nitrogens with one attached hydrogen (secondary N) is 2. The molecule has 1 aromatic carbocycles. The van der Waals surface area contributed by atoms with Gasteiger partial charge in [0.05, 0.1) is 11.1 Å². The number of nitrogen functional groups attached to an aromatic ring is 1. The van der Waals surface area contributed by atoms with E-state index in [1.807, 2.05) is 0 Å². The number of hydrogen-bond donors (Lipinski definition) is 4. The van der Waals surface area contributed by atoms with Crippen LogP contribution in [0.4, 0.5) is 18.9 Å². The number of allylic oxidation sites excluding steroid dienone is 1. The third kappa shape index (κ3) is 2.13. The number of rotatable bonds is 2. The lowest BCUT2D eigenvalue weighted by molar-refractivity contribution is -0.137. The van der Waals surface area contributed by atoms with Gasteiger partial charge in [-0.15, -0.1) is 0 Å². The fraction of sp³-hybridized carbons (Fsp3) is 0.353. The molecule has 132 valence electrons. The van der Waals surface area contributed by atoms with Crippen molar-refractivity contribution >= 4 is 11.7 Å². The molecule has 5 nitrogen and oxygen atoms in total. The van der Waals surface area contributed by atoms with E-state index in [0.717, 1.165) is 29.8 Å². The highest BCUT2D eigenvalue weighted by molar-refractivity contribution is 5.93. The standard InChI is InChI=1S/C17H16F3N3O2/c18-17(19,20)9-1-2-11(12(21)5-9)16-4-3-8(6-16)13-10(15(24)25)7-22-23-14(13)16/h1-2,5,7-8,22-23H,3-4,6,21H2,(H,24,25). The van der Waals surface area contributed by atoms with E-state index >= 15 is 0 Å². The summed E-state index contributed by atoms with van der Waals surface area (Å²) in [5.41, 5.74) is 12.8. The van der Waals surface area contributed by atoms with Gasteiger partial charge in [-0.2, -0.15) is 13.2 Å². The largest absolute Gasteiger partial charge is 0.478 e. The fourth-order valence-electron chi connectivity index (χ4n) is 4.51. The summed E-state index contributed by atoms with van der Waals surface area (Å²) in [6.07, 6.45) is -0.899. The molecule has 3 aliphatic rings. The predicted molar refractivity (Wildman–Crippen MR) is 83.9 cm³/mol. The number of carboxylic acid groups (broad SMARTS) is 1. The monoisotopic (exact) mass is 351 g/mol. The number of anilines is 1. The molecule has 0 amide bonds. The second-order valence-electron chi connectivity index (χ2n) is 6.74. The van der Waals surface area contributed by atoms with Crippen molar-refractivity contribution in [3.63, 3.8) is 0 Å². The van der Waals surface area contributed by atoms with Crippen molar-refractivity contribution in [3.8, 4) is 0 Å². The van der Waals surface area contributed by atoms with Gasteiger partial charge in [0.25, 0.3) is 0 Å². The molecular formula is C17H16F3N3O2. The summed E-state index contributed by atoms with van der Waals surface area (Å²) in [6, 6.07) is 3.42. The molecule has 0 spiro atoms. The van der Waals surface area contributed by atoms with Gasteiger partial charge in [-0.1, -0.05) is 6.07 Å². The van der Waals surface area contributed by atoms with Crippen LogP contribution >= 0.6 is 0 Å². The Hall–Kier alpha value is -2.64. The van der Waals surface area contributed by atoms with Gasteiger partial charge in [-0.3, -0.25) is 0 Å². The highest BCUT2D eigenvalue weighted by Crippen LogP contribution is 2.60. The SMILES string of the molecule is Nc1cc(C(F)(F)F)ccc1C12CCC(C1)C1=C2NNC=C1C(=O)O. The van der Waals surface area contributed by atoms with E-state index in [-0.39, 0.29) is 17.2 Å². The minimum absolute atomic E-state index is 0.0636. The zero-order valence-corrected chi connectivity index (χ0v) is 13.1. The molecule has 2 aliphatic carbocycles. The first-order valence-electron chi connectivity index (χ1n) is 7.91. The molecule has 5 N–H and O–H groups in total. The van der Waals surface area contributed by atoms with E-state index in [9.17, 15) is 23.1 Å². The molecular weight excluding hydrogens is 335 g/mol. The van der Waals surface area contributed by atoms with Crippen LogP contribution in [0.3, 0.4) is 0 Å². The molecule has 1 aromatic rings. The average Bonchev–Trinajstić information content (AvgIpc) is 3.11. The van der Waals surface area contributed by atoms with Crippen molar-refractivity contribution < 1.29 is 23.1 Å². The molecule has 1 fully saturated rings. The second-order valence-corrected chi connectivity index (χ2v) is 6.74. The third-order valence-electron chi connectivity index (χ3n) is 5.50. The molecule has 0 aromatic heterocycles. The molecule has 2 bridgehead atoms. The zero-order valence-electron chi connectivity index (χ0n) is 13.1. The van der Waals surface area contributed by atoms with Crippen LogP contribution in [0.5, 0.6) is 0 Å². The molecule has 0 saturated heterocycles. The van der Waals surface area contributed by atoms with Crippen LogP contribution < -0.4 is 16.6 Å². The number of carbonyl (C=O) groups is 1. The molecule has 0 radical (unpaired) electrons. The molecule has 4 rings (SSSR count). The van der Waals surface area contributed by atoms with Gasteiger partial charge in [0.2, 0.25) is 0 Å². The number of halogens is 3. The Kier molecular flexibility index (Phi) is 3.13. The number of fused-ring (bicyclic) bond motifs is 4. The first-order valence-corrected chi connectivity index (χ1v) is 7.91. The molecule has 1 heterocycles. The van der Waals surface area contributed by atoms with Crippen LogP contribution in [-0.4, -0.2) is 11.1 Å². The first-order chi connectivity index (χ1) is 11.7. The number of aliphatic carboxylic acids is 1. The van der Waals surface area contributed by atoms with Gasteiger partial charge in [0.15, 0.2) is 0 Å². The van der Waals surface area contributed by atoms with Crippen LogP contribution in [0.2, 0.25) is 0 Å². The first kappa shape index (κ1) is 15.9. The van der Waals surface area contributed by atoms with Gasteiger partial charge < -0.3 is 21.7 Å². The van der Waals surface area contributed by atoms with Crippen LogP contribution in [0.1, 0.15) is 30.4 Å².